The minimum absolute atomic E-state index is 0.0165. The summed E-state index contributed by atoms with van der Waals surface area (Å²) in [6.45, 7) is 0. The lowest BCUT2D eigenvalue weighted by molar-refractivity contribution is -0.203. The van der Waals surface area contributed by atoms with Crippen molar-refractivity contribution in [2.24, 2.45) is 0 Å². The highest BCUT2D eigenvalue weighted by Crippen LogP contribution is 2.39. The van der Waals surface area contributed by atoms with E-state index in [0.29, 0.717) is 0 Å². The van der Waals surface area contributed by atoms with E-state index in [0.717, 1.165) is 0 Å². The van der Waals surface area contributed by atoms with Crippen molar-refractivity contribution in [3.05, 3.63) is 39.5 Å². The van der Waals surface area contributed by atoms with Gasteiger partial charge in [0.2, 0.25) is 0 Å². The molecule has 1 rings (SSSR count). The molecule has 1 aromatic carbocycles. The van der Waals surface area contributed by atoms with Gasteiger partial charge in [-0.25, -0.2) is 4.79 Å². The summed E-state index contributed by atoms with van der Waals surface area (Å²) in [6.07, 6.45) is -12.3. The largest absolute Gasteiger partial charge is 0.496 e. The Labute approximate surface area is 140 Å². The standard InChI is InChI=1S/C13H9F6IO3/c1-22-9-5-3-2-4-7(9)10(8(20)6-12(14,15)16)23-11(21)13(17,18)19/h2-6,10H,1H3/b8-6-. The maximum absolute atomic E-state index is 12.5. The van der Waals surface area contributed by atoms with Crippen LogP contribution in [0.3, 0.4) is 0 Å². The molecular weight excluding hydrogens is 445 g/mol. The fourth-order valence-electron chi connectivity index (χ4n) is 1.56. The molecular formula is C13H9F6IO3. The van der Waals surface area contributed by atoms with Crippen LogP contribution >= 0.6 is 22.6 Å². The summed E-state index contributed by atoms with van der Waals surface area (Å²) in [5.74, 6) is -2.62. The molecule has 1 aromatic rings. The molecule has 0 saturated heterocycles. The molecule has 0 aromatic heterocycles. The summed E-state index contributed by atoms with van der Waals surface area (Å²) >= 11 is 1.17. The number of esters is 1. The number of hydrogen-bond donors (Lipinski definition) is 0. The van der Waals surface area contributed by atoms with E-state index in [4.69, 9.17) is 4.74 Å². The first kappa shape index (κ1) is 19.6. The van der Waals surface area contributed by atoms with Gasteiger partial charge in [-0.2, -0.15) is 26.3 Å². The average molecular weight is 454 g/mol. The van der Waals surface area contributed by atoms with Crippen LogP contribution in [0.1, 0.15) is 11.7 Å². The van der Waals surface area contributed by atoms with Crippen LogP contribution < -0.4 is 4.74 Å². The zero-order chi connectivity index (χ0) is 17.8. The highest BCUT2D eigenvalue weighted by molar-refractivity contribution is 14.1. The summed E-state index contributed by atoms with van der Waals surface area (Å²) in [4.78, 5) is 11.0. The number of hydrogen-bond acceptors (Lipinski definition) is 3. The molecule has 0 spiro atoms. The molecule has 1 atom stereocenters. The van der Waals surface area contributed by atoms with E-state index in [-0.39, 0.29) is 17.4 Å². The van der Waals surface area contributed by atoms with Gasteiger partial charge in [-0.3, -0.25) is 0 Å². The van der Waals surface area contributed by atoms with Crippen LogP contribution in [0.15, 0.2) is 33.9 Å². The molecule has 10 heteroatoms. The van der Waals surface area contributed by atoms with Gasteiger partial charge in [0.25, 0.3) is 0 Å². The lowest BCUT2D eigenvalue weighted by atomic mass is 10.1. The highest BCUT2D eigenvalue weighted by Gasteiger charge is 2.43. The van der Waals surface area contributed by atoms with Crippen molar-refractivity contribution >= 4 is 28.6 Å². The van der Waals surface area contributed by atoms with Crippen LogP contribution in [0.5, 0.6) is 5.75 Å². The summed E-state index contributed by atoms with van der Waals surface area (Å²) < 4.78 is 82.9. The van der Waals surface area contributed by atoms with E-state index in [1.807, 2.05) is 0 Å². The third-order valence-corrected chi connectivity index (χ3v) is 3.31. The van der Waals surface area contributed by atoms with E-state index < -0.39 is 28.0 Å². The lowest BCUT2D eigenvalue weighted by Crippen LogP contribution is -2.27. The molecule has 128 valence electrons. The van der Waals surface area contributed by atoms with Gasteiger partial charge in [0.1, 0.15) is 5.75 Å². The number of para-hydroxylation sites is 1. The molecule has 1 unspecified atom stereocenters. The zero-order valence-corrected chi connectivity index (χ0v) is 13.5. The third kappa shape index (κ3) is 5.92. The van der Waals surface area contributed by atoms with Gasteiger partial charge in [-0.15, -0.1) is 0 Å². The van der Waals surface area contributed by atoms with Crippen LogP contribution in [0, 0.1) is 0 Å². The number of carbonyl (C=O) groups is 1. The molecule has 0 aliphatic rings. The smallest absolute Gasteiger partial charge is 0.490 e. The van der Waals surface area contributed by atoms with Gasteiger partial charge in [-0.1, -0.05) is 18.2 Å². The second-order valence-corrected chi connectivity index (χ2v) is 5.34. The van der Waals surface area contributed by atoms with E-state index in [2.05, 4.69) is 4.74 Å². The average Bonchev–Trinajstić information content (AvgIpc) is 2.41. The number of halogens is 7. The number of benzene rings is 1. The second-order valence-electron chi connectivity index (χ2n) is 4.10. The van der Waals surface area contributed by atoms with Gasteiger partial charge in [0, 0.05) is 15.2 Å². The lowest BCUT2D eigenvalue weighted by Gasteiger charge is -2.21. The summed E-state index contributed by atoms with van der Waals surface area (Å²) in [5, 5.41) is 0. The normalized spacial score (nSPS) is 14.3. The number of methoxy groups -OCH3 is 1. The Bertz CT molecular complexity index is 594. The third-order valence-electron chi connectivity index (χ3n) is 2.43. The minimum Gasteiger partial charge on any atom is -0.496 e. The number of ether oxygens (including phenoxy) is 2. The first-order valence-electron chi connectivity index (χ1n) is 5.81. The van der Waals surface area contributed by atoms with Crippen molar-refractivity contribution in [1.29, 1.82) is 0 Å². The molecule has 0 aliphatic heterocycles. The molecule has 0 radical (unpaired) electrons. The first-order valence-corrected chi connectivity index (χ1v) is 6.89. The fraction of sp³-hybridized carbons (Fsp3) is 0.308. The number of allylic oxidation sites excluding steroid dienone is 1. The molecule has 0 saturated carbocycles. The van der Waals surface area contributed by atoms with Crippen molar-refractivity contribution < 1.29 is 40.6 Å². The van der Waals surface area contributed by atoms with Gasteiger partial charge >= 0.3 is 18.3 Å². The predicted octanol–water partition coefficient (Wildman–Crippen LogP) is 4.72. The molecule has 0 N–H and O–H groups in total. The minimum atomic E-state index is -5.34. The molecule has 3 nitrogen and oxygen atoms in total. The summed E-state index contributed by atoms with van der Waals surface area (Å²) in [7, 11) is 1.18. The van der Waals surface area contributed by atoms with Gasteiger partial charge < -0.3 is 9.47 Å². The maximum atomic E-state index is 12.5. The Morgan fingerprint density at radius 1 is 1.17 bits per heavy atom. The summed E-state index contributed by atoms with van der Waals surface area (Å²) in [5.41, 5.74) is -0.141. The van der Waals surface area contributed by atoms with Gasteiger partial charge in [-0.05, 0) is 28.7 Å². The van der Waals surface area contributed by atoms with Crippen molar-refractivity contribution in [1.82, 2.24) is 0 Å². The monoisotopic (exact) mass is 454 g/mol. The zero-order valence-electron chi connectivity index (χ0n) is 11.3. The molecule has 0 bridgehead atoms. The number of alkyl halides is 6. The highest BCUT2D eigenvalue weighted by atomic mass is 127. The van der Waals surface area contributed by atoms with Crippen LogP contribution in [-0.4, -0.2) is 25.4 Å². The Kier molecular flexibility index (Phi) is 6.31. The predicted molar refractivity (Wildman–Crippen MR) is 76.0 cm³/mol. The van der Waals surface area contributed by atoms with Crippen LogP contribution in [0.2, 0.25) is 0 Å². The van der Waals surface area contributed by atoms with E-state index in [9.17, 15) is 31.1 Å². The van der Waals surface area contributed by atoms with E-state index >= 15 is 0 Å². The molecule has 0 fully saturated rings. The number of carbonyl (C=O) groups excluding carboxylic acids is 1. The molecule has 23 heavy (non-hydrogen) atoms. The second kappa shape index (κ2) is 7.41. The Morgan fingerprint density at radius 2 is 1.74 bits per heavy atom. The Hall–Kier alpha value is -1.46. The van der Waals surface area contributed by atoms with E-state index in [1.54, 1.807) is 0 Å². The number of rotatable bonds is 4. The van der Waals surface area contributed by atoms with Gasteiger partial charge in [0.15, 0.2) is 6.10 Å². The fourth-order valence-corrected chi connectivity index (χ4v) is 2.37. The van der Waals surface area contributed by atoms with Crippen molar-refractivity contribution in [2.75, 3.05) is 7.11 Å². The van der Waals surface area contributed by atoms with Crippen LogP contribution in [-0.2, 0) is 9.53 Å². The quantitative estimate of drug-likeness (QED) is 0.376. The first-order chi connectivity index (χ1) is 10.5. The topological polar surface area (TPSA) is 35.5 Å². The molecule has 0 aliphatic carbocycles. The van der Waals surface area contributed by atoms with E-state index in [1.165, 1.54) is 54.0 Å². The van der Waals surface area contributed by atoms with Crippen molar-refractivity contribution in [3.63, 3.8) is 0 Å². The maximum Gasteiger partial charge on any atom is 0.490 e. The van der Waals surface area contributed by atoms with Crippen LogP contribution in [0.25, 0.3) is 0 Å². The SMILES string of the molecule is COc1ccccc1C(OC(=O)C(F)(F)F)/C(I)=C/C(F)(F)F. The van der Waals surface area contributed by atoms with Gasteiger partial charge in [0.05, 0.1) is 7.11 Å². The van der Waals surface area contributed by atoms with Crippen LogP contribution in [0.4, 0.5) is 26.3 Å². The molecule has 0 heterocycles. The van der Waals surface area contributed by atoms with Crippen molar-refractivity contribution in [3.8, 4) is 5.75 Å². The Morgan fingerprint density at radius 3 is 2.22 bits per heavy atom. The summed E-state index contributed by atoms with van der Waals surface area (Å²) in [6, 6.07) is 5.35. The van der Waals surface area contributed by atoms with Crippen molar-refractivity contribution in [2.45, 2.75) is 18.5 Å². The Balaban J connectivity index is 3.32. The molecule has 0 amide bonds.